The summed E-state index contributed by atoms with van der Waals surface area (Å²) in [6.07, 6.45) is 0.482. The summed E-state index contributed by atoms with van der Waals surface area (Å²) in [6, 6.07) is 13.6. The Bertz CT molecular complexity index is 1060. The minimum atomic E-state index is -0.613. The van der Waals surface area contributed by atoms with Gasteiger partial charge in [0.05, 0.1) is 11.4 Å². The molecule has 0 aliphatic carbocycles. The van der Waals surface area contributed by atoms with E-state index in [4.69, 9.17) is 11.6 Å². The Morgan fingerprint density at radius 1 is 1.25 bits per heavy atom. The van der Waals surface area contributed by atoms with E-state index in [9.17, 15) is 14.0 Å². The molecule has 1 amide bonds. The fraction of sp³-hybridized carbons (Fsp3) is 0.150. The van der Waals surface area contributed by atoms with Crippen molar-refractivity contribution >= 4 is 35.0 Å². The van der Waals surface area contributed by atoms with Crippen LogP contribution in [0.5, 0.6) is 0 Å². The second kappa shape index (κ2) is 9.03. The number of aromatic nitrogens is 2. The Labute approximate surface area is 170 Å². The Morgan fingerprint density at radius 2 is 2.00 bits per heavy atom. The van der Waals surface area contributed by atoms with Gasteiger partial charge in [0.2, 0.25) is 5.91 Å². The maximum Gasteiger partial charge on any atom is 0.255 e. The molecule has 1 aromatic heterocycles. The van der Waals surface area contributed by atoms with Crippen LogP contribution < -0.4 is 10.9 Å². The van der Waals surface area contributed by atoms with E-state index in [-0.39, 0.29) is 22.0 Å². The summed E-state index contributed by atoms with van der Waals surface area (Å²) in [5.41, 5.74) is 2.03. The molecule has 28 heavy (non-hydrogen) atoms. The fourth-order valence-electron chi connectivity index (χ4n) is 2.57. The molecule has 3 rings (SSSR count). The number of benzene rings is 2. The van der Waals surface area contributed by atoms with Crippen LogP contribution in [0.4, 0.5) is 10.1 Å². The average Bonchev–Trinajstić information content (AvgIpc) is 2.66. The highest BCUT2D eigenvalue weighted by molar-refractivity contribution is 7.99. The van der Waals surface area contributed by atoms with Crippen molar-refractivity contribution in [3.05, 3.63) is 86.5 Å². The standard InChI is InChI=1S/C20H17ClFN3O2S/c1-12-15(9-13-5-3-2-4-6-13)19(27)25-20(23-12)28-11-18(26)24-17-8-7-14(21)10-16(17)22/h2-8,10H,9,11H2,1H3,(H,24,26)(H,23,25,27). The highest BCUT2D eigenvalue weighted by Gasteiger charge is 2.12. The van der Waals surface area contributed by atoms with Crippen molar-refractivity contribution in [3.63, 3.8) is 0 Å². The first-order valence-electron chi connectivity index (χ1n) is 8.44. The number of thioether (sulfide) groups is 1. The van der Waals surface area contributed by atoms with Crippen molar-refractivity contribution in [3.8, 4) is 0 Å². The highest BCUT2D eigenvalue weighted by atomic mass is 35.5. The number of carbonyl (C=O) groups is 1. The van der Waals surface area contributed by atoms with E-state index < -0.39 is 11.7 Å². The van der Waals surface area contributed by atoms with Gasteiger partial charge in [-0.1, -0.05) is 53.7 Å². The fourth-order valence-corrected chi connectivity index (χ4v) is 3.44. The summed E-state index contributed by atoms with van der Waals surface area (Å²) in [5.74, 6) is -1.05. The van der Waals surface area contributed by atoms with Crippen molar-refractivity contribution in [2.45, 2.75) is 18.5 Å². The molecule has 0 saturated carbocycles. The minimum absolute atomic E-state index is 0.0253. The molecule has 2 N–H and O–H groups in total. The zero-order chi connectivity index (χ0) is 20.1. The zero-order valence-electron chi connectivity index (χ0n) is 15.0. The number of hydrogen-bond acceptors (Lipinski definition) is 4. The van der Waals surface area contributed by atoms with Crippen LogP contribution in [0.15, 0.2) is 58.5 Å². The number of anilines is 1. The van der Waals surface area contributed by atoms with Gasteiger partial charge in [-0.25, -0.2) is 9.37 Å². The lowest BCUT2D eigenvalue weighted by Gasteiger charge is -2.08. The number of nitrogens with zero attached hydrogens (tertiary/aromatic N) is 1. The lowest BCUT2D eigenvalue weighted by molar-refractivity contribution is -0.113. The van der Waals surface area contributed by atoms with Gasteiger partial charge in [-0.05, 0) is 30.7 Å². The number of rotatable bonds is 6. The third kappa shape index (κ3) is 5.21. The highest BCUT2D eigenvalue weighted by Crippen LogP contribution is 2.20. The molecule has 0 radical (unpaired) electrons. The van der Waals surface area contributed by atoms with Gasteiger partial charge < -0.3 is 10.3 Å². The van der Waals surface area contributed by atoms with Crippen LogP contribution >= 0.6 is 23.4 Å². The smallest absolute Gasteiger partial charge is 0.255 e. The van der Waals surface area contributed by atoms with Gasteiger partial charge >= 0.3 is 0 Å². The monoisotopic (exact) mass is 417 g/mol. The molecule has 0 fully saturated rings. The molecule has 0 bridgehead atoms. The number of aromatic amines is 1. The van der Waals surface area contributed by atoms with Crippen LogP contribution in [0.2, 0.25) is 5.02 Å². The Hall–Kier alpha value is -2.64. The van der Waals surface area contributed by atoms with Crippen LogP contribution in [0, 0.1) is 12.7 Å². The maximum absolute atomic E-state index is 13.7. The van der Waals surface area contributed by atoms with E-state index in [1.54, 1.807) is 6.92 Å². The van der Waals surface area contributed by atoms with E-state index in [0.717, 1.165) is 23.4 Å². The van der Waals surface area contributed by atoms with Crippen LogP contribution in [0.3, 0.4) is 0 Å². The molecule has 144 valence electrons. The van der Waals surface area contributed by atoms with Crippen molar-refractivity contribution < 1.29 is 9.18 Å². The molecular weight excluding hydrogens is 401 g/mol. The topological polar surface area (TPSA) is 74.8 Å². The summed E-state index contributed by atoms with van der Waals surface area (Å²) in [5, 5.41) is 3.05. The van der Waals surface area contributed by atoms with Crippen LogP contribution in [-0.2, 0) is 11.2 Å². The van der Waals surface area contributed by atoms with E-state index >= 15 is 0 Å². The van der Waals surface area contributed by atoms with Gasteiger partial charge in [0.15, 0.2) is 5.16 Å². The number of halogens is 2. The summed E-state index contributed by atoms with van der Waals surface area (Å²) in [7, 11) is 0. The predicted octanol–water partition coefficient (Wildman–Crippen LogP) is 4.19. The van der Waals surface area contributed by atoms with Crippen LogP contribution in [0.25, 0.3) is 0 Å². The lowest BCUT2D eigenvalue weighted by Crippen LogP contribution is -2.19. The molecular formula is C20H17ClFN3O2S. The first-order valence-corrected chi connectivity index (χ1v) is 9.80. The molecule has 5 nitrogen and oxygen atoms in total. The molecule has 1 heterocycles. The molecule has 8 heteroatoms. The third-order valence-corrected chi connectivity index (χ3v) is 5.08. The van der Waals surface area contributed by atoms with E-state index in [0.29, 0.717) is 22.8 Å². The van der Waals surface area contributed by atoms with Gasteiger partial charge in [-0.2, -0.15) is 0 Å². The maximum atomic E-state index is 13.7. The van der Waals surface area contributed by atoms with Gasteiger partial charge in [-0.15, -0.1) is 0 Å². The van der Waals surface area contributed by atoms with Crippen molar-refractivity contribution in [1.82, 2.24) is 9.97 Å². The summed E-state index contributed by atoms with van der Waals surface area (Å²) in [6.45, 7) is 1.76. The molecule has 2 aromatic carbocycles. The summed E-state index contributed by atoms with van der Waals surface area (Å²) in [4.78, 5) is 31.5. The molecule has 0 unspecified atom stereocenters. The average molecular weight is 418 g/mol. The normalized spacial score (nSPS) is 10.7. The second-order valence-corrected chi connectivity index (χ2v) is 7.46. The third-order valence-electron chi connectivity index (χ3n) is 3.97. The molecule has 0 aliphatic heterocycles. The number of carbonyl (C=O) groups excluding carboxylic acids is 1. The summed E-state index contributed by atoms with van der Waals surface area (Å²) >= 11 is 6.76. The second-order valence-electron chi connectivity index (χ2n) is 6.06. The van der Waals surface area contributed by atoms with Gasteiger partial charge in [0.25, 0.3) is 5.56 Å². The number of aryl methyl sites for hydroxylation is 1. The van der Waals surface area contributed by atoms with Crippen molar-refractivity contribution in [2.75, 3.05) is 11.1 Å². The summed E-state index contributed by atoms with van der Waals surface area (Å²) < 4.78 is 13.7. The molecule has 0 saturated heterocycles. The minimum Gasteiger partial charge on any atom is -0.323 e. The number of nitrogens with one attached hydrogen (secondary N) is 2. The quantitative estimate of drug-likeness (QED) is 0.465. The van der Waals surface area contributed by atoms with Gasteiger partial charge in [0.1, 0.15) is 5.82 Å². The van der Waals surface area contributed by atoms with Gasteiger partial charge in [-0.3, -0.25) is 9.59 Å². The Morgan fingerprint density at radius 3 is 2.68 bits per heavy atom. The SMILES string of the molecule is Cc1nc(SCC(=O)Nc2ccc(Cl)cc2F)[nH]c(=O)c1Cc1ccccc1. The Kier molecular flexibility index (Phi) is 6.49. The van der Waals surface area contributed by atoms with E-state index in [1.165, 1.54) is 12.1 Å². The largest absolute Gasteiger partial charge is 0.323 e. The predicted molar refractivity (Wildman–Crippen MR) is 110 cm³/mol. The lowest BCUT2D eigenvalue weighted by atomic mass is 10.1. The first-order chi connectivity index (χ1) is 13.4. The molecule has 0 atom stereocenters. The molecule has 0 aliphatic rings. The number of hydrogen-bond donors (Lipinski definition) is 2. The van der Waals surface area contributed by atoms with E-state index in [1.807, 2.05) is 30.3 Å². The van der Waals surface area contributed by atoms with Crippen molar-refractivity contribution in [2.24, 2.45) is 0 Å². The van der Waals surface area contributed by atoms with Crippen LogP contribution in [-0.4, -0.2) is 21.6 Å². The molecule has 0 spiro atoms. The first kappa shape index (κ1) is 20.1. The Balaban J connectivity index is 1.64. The molecule has 3 aromatic rings. The van der Waals surface area contributed by atoms with Crippen LogP contribution in [0.1, 0.15) is 16.8 Å². The zero-order valence-corrected chi connectivity index (χ0v) is 16.5. The van der Waals surface area contributed by atoms with Gasteiger partial charge in [0, 0.05) is 22.7 Å². The number of H-pyrrole nitrogens is 1. The van der Waals surface area contributed by atoms with Crippen molar-refractivity contribution in [1.29, 1.82) is 0 Å². The number of amides is 1. The van der Waals surface area contributed by atoms with E-state index in [2.05, 4.69) is 15.3 Å².